The fourth-order valence-electron chi connectivity index (χ4n) is 1.62. The van der Waals surface area contributed by atoms with Crippen molar-refractivity contribution in [3.05, 3.63) is 0 Å². The molecule has 0 bridgehead atoms. The van der Waals surface area contributed by atoms with Gasteiger partial charge in [0.25, 0.3) is 0 Å². The third-order valence-electron chi connectivity index (χ3n) is 2.36. The quantitative estimate of drug-likeness (QED) is 0.675. The maximum atomic E-state index is 11.4. The maximum Gasteiger partial charge on any atom is 0.234 e. The minimum absolute atomic E-state index is 0.130. The highest BCUT2D eigenvalue weighted by Crippen LogP contribution is 2.17. The molecule has 82 valence electrons. The Balaban J connectivity index is 2.05. The van der Waals surface area contributed by atoms with Crippen molar-refractivity contribution in [2.75, 3.05) is 6.54 Å². The van der Waals surface area contributed by atoms with E-state index in [1.807, 2.05) is 0 Å². The van der Waals surface area contributed by atoms with E-state index in [1.165, 1.54) is 12.8 Å². The molecule has 1 saturated carbocycles. The van der Waals surface area contributed by atoms with E-state index < -0.39 is 0 Å². The third kappa shape index (κ3) is 5.22. The monoisotopic (exact) mass is 198 g/mol. The zero-order valence-electron chi connectivity index (χ0n) is 9.47. The van der Waals surface area contributed by atoms with Crippen molar-refractivity contribution in [1.29, 1.82) is 0 Å². The van der Waals surface area contributed by atoms with E-state index >= 15 is 0 Å². The largest absolute Gasteiger partial charge is 0.353 e. The van der Waals surface area contributed by atoms with Crippen molar-refractivity contribution >= 4 is 5.91 Å². The first-order valence-corrected chi connectivity index (χ1v) is 5.60. The standard InChI is InChI=1S/C11H22N2O/c1-8(2)6-9(3)13-11(14)7-12-10-4-5-10/h8-10,12H,4-7H2,1-3H3,(H,13,14). The Morgan fingerprint density at radius 2 is 2.00 bits per heavy atom. The average molecular weight is 198 g/mol. The lowest BCUT2D eigenvalue weighted by molar-refractivity contribution is -0.120. The fourth-order valence-corrected chi connectivity index (χ4v) is 1.62. The molecule has 1 amide bonds. The molecule has 0 spiro atoms. The lowest BCUT2D eigenvalue weighted by atomic mass is 10.1. The Morgan fingerprint density at radius 3 is 2.50 bits per heavy atom. The first kappa shape index (κ1) is 11.5. The Morgan fingerprint density at radius 1 is 1.36 bits per heavy atom. The zero-order valence-corrected chi connectivity index (χ0v) is 9.47. The van der Waals surface area contributed by atoms with Crippen LogP contribution in [0.15, 0.2) is 0 Å². The summed E-state index contributed by atoms with van der Waals surface area (Å²) >= 11 is 0. The van der Waals surface area contributed by atoms with Crippen LogP contribution in [0.4, 0.5) is 0 Å². The molecule has 14 heavy (non-hydrogen) atoms. The molecule has 1 atom stereocenters. The minimum atomic E-state index is 0.130. The second-order valence-corrected chi connectivity index (χ2v) is 4.75. The van der Waals surface area contributed by atoms with Crippen molar-refractivity contribution in [2.45, 2.75) is 52.1 Å². The molecule has 0 saturated heterocycles. The maximum absolute atomic E-state index is 11.4. The van der Waals surface area contributed by atoms with E-state index in [1.54, 1.807) is 0 Å². The number of hydrogen-bond acceptors (Lipinski definition) is 2. The molecule has 3 nitrogen and oxygen atoms in total. The van der Waals surface area contributed by atoms with Gasteiger partial charge in [-0.1, -0.05) is 13.8 Å². The second kappa shape index (κ2) is 5.35. The summed E-state index contributed by atoms with van der Waals surface area (Å²) in [4.78, 5) is 11.4. The Hall–Kier alpha value is -0.570. The lowest BCUT2D eigenvalue weighted by Gasteiger charge is -2.15. The summed E-state index contributed by atoms with van der Waals surface area (Å²) in [5.74, 6) is 0.770. The summed E-state index contributed by atoms with van der Waals surface area (Å²) in [7, 11) is 0. The summed E-state index contributed by atoms with van der Waals surface area (Å²) in [6.45, 7) is 6.89. The van der Waals surface area contributed by atoms with Gasteiger partial charge < -0.3 is 10.6 Å². The molecule has 0 heterocycles. The summed E-state index contributed by atoms with van der Waals surface area (Å²) in [5, 5.41) is 6.20. The normalized spacial score (nSPS) is 18.3. The van der Waals surface area contributed by atoms with Crippen LogP contribution in [0, 0.1) is 5.92 Å². The molecule has 1 aliphatic rings. The molecule has 0 aliphatic heterocycles. The average Bonchev–Trinajstić information content (AvgIpc) is 2.81. The summed E-state index contributed by atoms with van der Waals surface area (Å²) in [6.07, 6.45) is 3.51. The molecular weight excluding hydrogens is 176 g/mol. The molecule has 1 aliphatic carbocycles. The van der Waals surface area contributed by atoms with Crippen LogP contribution in [0.2, 0.25) is 0 Å². The summed E-state index contributed by atoms with van der Waals surface area (Å²) in [6, 6.07) is 0.907. The van der Waals surface area contributed by atoms with Gasteiger partial charge in [0.1, 0.15) is 0 Å². The molecule has 0 radical (unpaired) electrons. The highest BCUT2D eigenvalue weighted by Gasteiger charge is 2.21. The van der Waals surface area contributed by atoms with Gasteiger partial charge in [-0.25, -0.2) is 0 Å². The Labute approximate surface area is 86.6 Å². The van der Waals surface area contributed by atoms with Crippen molar-refractivity contribution in [2.24, 2.45) is 5.92 Å². The Kier molecular flexibility index (Phi) is 4.39. The van der Waals surface area contributed by atoms with E-state index in [-0.39, 0.29) is 5.91 Å². The molecule has 0 aromatic heterocycles. The Bertz CT molecular complexity index is 188. The highest BCUT2D eigenvalue weighted by molar-refractivity contribution is 5.78. The van der Waals surface area contributed by atoms with Crippen molar-refractivity contribution in [3.63, 3.8) is 0 Å². The number of nitrogens with one attached hydrogen (secondary N) is 2. The molecule has 2 N–H and O–H groups in total. The smallest absolute Gasteiger partial charge is 0.234 e. The highest BCUT2D eigenvalue weighted by atomic mass is 16.1. The van der Waals surface area contributed by atoms with Crippen LogP contribution < -0.4 is 10.6 Å². The van der Waals surface area contributed by atoms with Gasteiger partial charge in [0.15, 0.2) is 0 Å². The molecule has 3 heteroatoms. The van der Waals surface area contributed by atoms with Gasteiger partial charge in [-0.05, 0) is 32.1 Å². The van der Waals surface area contributed by atoms with Crippen molar-refractivity contribution < 1.29 is 4.79 Å². The fraction of sp³-hybridized carbons (Fsp3) is 0.909. The number of carbonyl (C=O) groups is 1. The van der Waals surface area contributed by atoms with Crippen LogP contribution in [0.25, 0.3) is 0 Å². The van der Waals surface area contributed by atoms with E-state index in [2.05, 4.69) is 31.4 Å². The van der Waals surface area contributed by atoms with Gasteiger partial charge in [0.2, 0.25) is 5.91 Å². The van der Waals surface area contributed by atoms with Crippen molar-refractivity contribution in [1.82, 2.24) is 10.6 Å². The predicted molar refractivity (Wildman–Crippen MR) is 58.1 cm³/mol. The molecule has 0 aromatic rings. The number of hydrogen-bond donors (Lipinski definition) is 2. The second-order valence-electron chi connectivity index (χ2n) is 4.75. The van der Waals surface area contributed by atoms with Gasteiger partial charge in [0, 0.05) is 12.1 Å². The predicted octanol–water partition coefficient (Wildman–Crippen LogP) is 1.29. The molecule has 0 aromatic carbocycles. The van der Waals surface area contributed by atoms with Crippen LogP contribution in [0.3, 0.4) is 0 Å². The van der Waals surface area contributed by atoms with Crippen molar-refractivity contribution in [3.8, 4) is 0 Å². The van der Waals surface area contributed by atoms with E-state index in [0.29, 0.717) is 24.5 Å². The summed E-state index contributed by atoms with van der Waals surface area (Å²) in [5.41, 5.74) is 0. The molecule has 1 fully saturated rings. The first-order valence-electron chi connectivity index (χ1n) is 5.60. The van der Waals surface area contributed by atoms with Crippen LogP contribution in [0.5, 0.6) is 0 Å². The van der Waals surface area contributed by atoms with E-state index in [4.69, 9.17) is 0 Å². The van der Waals surface area contributed by atoms with Gasteiger partial charge >= 0.3 is 0 Å². The lowest BCUT2D eigenvalue weighted by Crippen LogP contribution is -2.40. The summed E-state index contributed by atoms with van der Waals surface area (Å²) < 4.78 is 0. The molecule has 1 rings (SSSR count). The third-order valence-corrected chi connectivity index (χ3v) is 2.36. The van der Waals surface area contributed by atoms with E-state index in [0.717, 1.165) is 6.42 Å². The SMILES string of the molecule is CC(C)CC(C)NC(=O)CNC1CC1. The van der Waals surface area contributed by atoms with Crippen LogP contribution in [-0.2, 0) is 4.79 Å². The zero-order chi connectivity index (χ0) is 10.6. The van der Waals surface area contributed by atoms with Gasteiger partial charge in [-0.2, -0.15) is 0 Å². The van der Waals surface area contributed by atoms with Gasteiger partial charge in [0.05, 0.1) is 6.54 Å². The number of amides is 1. The first-order chi connectivity index (χ1) is 6.58. The van der Waals surface area contributed by atoms with Gasteiger partial charge in [-0.15, -0.1) is 0 Å². The molecular formula is C11H22N2O. The molecule has 1 unspecified atom stereocenters. The topological polar surface area (TPSA) is 41.1 Å². The van der Waals surface area contributed by atoms with Crippen LogP contribution in [0.1, 0.15) is 40.0 Å². The van der Waals surface area contributed by atoms with Gasteiger partial charge in [-0.3, -0.25) is 4.79 Å². The van der Waals surface area contributed by atoms with Crippen LogP contribution in [-0.4, -0.2) is 24.5 Å². The number of carbonyl (C=O) groups excluding carboxylic acids is 1. The van der Waals surface area contributed by atoms with E-state index in [9.17, 15) is 4.79 Å². The number of rotatable bonds is 6. The van der Waals surface area contributed by atoms with Crippen LogP contribution >= 0.6 is 0 Å². The minimum Gasteiger partial charge on any atom is -0.353 e.